The van der Waals surface area contributed by atoms with Gasteiger partial charge in [-0.05, 0) is 36.5 Å². The average Bonchev–Trinajstić information content (AvgIpc) is 2.76. The second kappa shape index (κ2) is 6.23. The molecule has 1 heterocycles. The molecule has 20 heavy (non-hydrogen) atoms. The third kappa shape index (κ3) is 2.93. The Morgan fingerprint density at radius 1 is 1.25 bits per heavy atom. The normalized spacial score (nSPS) is 18.6. The molecule has 3 rings (SSSR count). The summed E-state index contributed by atoms with van der Waals surface area (Å²) in [5, 5.41) is 7.96. The third-order valence-electron chi connectivity index (χ3n) is 4.31. The molecule has 0 saturated heterocycles. The number of aromatic nitrogens is 2. The van der Waals surface area contributed by atoms with E-state index in [1.807, 2.05) is 17.9 Å². The van der Waals surface area contributed by atoms with Gasteiger partial charge in [0.05, 0.1) is 0 Å². The molecule has 0 amide bonds. The quantitative estimate of drug-likeness (QED) is 0.865. The van der Waals surface area contributed by atoms with E-state index in [9.17, 15) is 0 Å². The Morgan fingerprint density at radius 3 is 3.00 bits per heavy atom. The number of fused-ring (bicyclic) bond motifs is 1. The molecule has 0 fully saturated rings. The number of hydrogen-bond donors (Lipinski definition) is 1. The fourth-order valence-electron chi connectivity index (χ4n) is 3.15. The predicted octanol–water partition coefficient (Wildman–Crippen LogP) is 3.02. The molecule has 0 aliphatic heterocycles. The fraction of sp³-hybridized carbons (Fsp3) is 0.471. The van der Waals surface area contributed by atoms with Gasteiger partial charge in [0.25, 0.3) is 0 Å². The Hall–Kier alpha value is -1.61. The molecule has 0 spiro atoms. The third-order valence-corrected chi connectivity index (χ3v) is 4.31. The summed E-state index contributed by atoms with van der Waals surface area (Å²) in [4.78, 5) is 0. The van der Waals surface area contributed by atoms with E-state index in [4.69, 9.17) is 0 Å². The molecule has 0 saturated carbocycles. The van der Waals surface area contributed by atoms with Crippen molar-refractivity contribution in [3.05, 3.63) is 53.3 Å². The van der Waals surface area contributed by atoms with Crippen molar-refractivity contribution in [2.45, 2.75) is 38.1 Å². The molecule has 0 bridgehead atoms. The van der Waals surface area contributed by atoms with Gasteiger partial charge in [-0.2, -0.15) is 5.10 Å². The first-order valence-electron chi connectivity index (χ1n) is 7.62. The number of aryl methyl sites for hydroxylation is 2. The maximum absolute atomic E-state index is 4.22. The zero-order valence-electron chi connectivity index (χ0n) is 12.2. The second-order valence-corrected chi connectivity index (χ2v) is 5.65. The minimum absolute atomic E-state index is 0.516. The molecule has 1 N–H and O–H groups in total. The summed E-state index contributed by atoms with van der Waals surface area (Å²) < 4.78 is 1.96. The van der Waals surface area contributed by atoms with E-state index >= 15 is 0 Å². The first-order chi connectivity index (χ1) is 9.84. The van der Waals surface area contributed by atoms with E-state index < -0.39 is 0 Å². The van der Waals surface area contributed by atoms with Crippen molar-refractivity contribution >= 4 is 0 Å². The van der Waals surface area contributed by atoms with Gasteiger partial charge in [-0.1, -0.05) is 30.7 Å². The van der Waals surface area contributed by atoms with Gasteiger partial charge >= 0.3 is 0 Å². The van der Waals surface area contributed by atoms with Crippen LogP contribution in [-0.2, 0) is 19.9 Å². The number of nitrogens with one attached hydrogen (secondary N) is 1. The second-order valence-electron chi connectivity index (χ2n) is 5.65. The lowest BCUT2D eigenvalue weighted by molar-refractivity contribution is 0.488. The van der Waals surface area contributed by atoms with Crippen LogP contribution in [0.4, 0.5) is 0 Å². The SMILES string of the molecule is Cn1nccc1CCNC1CCCCc2ccccc21. The number of benzene rings is 1. The Labute approximate surface area is 121 Å². The molecule has 2 aromatic rings. The summed E-state index contributed by atoms with van der Waals surface area (Å²) in [6.45, 7) is 1.01. The fourth-order valence-corrected chi connectivity index (χ4v) is 3.15. The summed E-state index contributed by atoms with van der Waals surface area (Å²) >= 11 is 0. The Balaban J connectivity index is 1.64. The van der Waals surface area contributed by atoms with Gasteiger partial charge in [0, 0.05) is 37.9 Å². The highest BCUT2D eigenvalue weighted by molar-refractivity contribution is 5.31. The largest absolute Gasteiger partial charge is 0.310 e. The zero-order chi connectivity index (χ0) is 13.8. The first-order valence-corrected chi connectivity index (χ1v) is 7.62. The van der Waals surface area contributed by atoms with Gasteiger partial charge in [-0.15, -0.1) is 0 Å². The Bertz CT molecular complexity index is 559. The van der Waals surface area contributed by atoms with Crippen LogP contribution < -0.4 is 5.32 Å². The number of rotatable bonds is 4. The van der Waals surface area contributed by atoms with Gasteiger partial charge in [0.2, 0.25) is 0 Å². The molecule has 1 unspecified atom stereocenters. The van der Waals surface area contributed by atoms with Crippen molar-refractivity contribution in [1.29, 1.82) is 0 Å². The van der Waals surface area contributed by atoms with E-state index in [0.29, 0.717) is 6.04 Å². The van der Waals surface area contributed by atoms with E-state index in [1.54, 1.807) is 0 Å². The first kappa shape index (κ1) is 13.4. The Morgan fingerprint density at radius 2 is 2.15 bits per heavy atom. The van der Waals surface area contributed by atoms with E-state index in [2.05, 4.69) is 40.7 Å². The lowest BCUT2D eigenvalue weighted by Crippen LogP contribution is -2.24. The van der Waals surface area contributed by atoms with Crippen molar-refractivity contribution in [3.63, 3.8) is 0 Å². The highest BCUT2D eigenvalue weighted by atomic mass is 15.3. The standard InChI is InChI=1S/C17H23N3/c1-20-15(11-13-19-20)10-12-18-17-9-5-3-7-14-6-2-4-8-16(14)17/h2,4,6,8,11,13,17-18H,3,5,7,9-10,12H2,1H3. The lowest BCUT2D eigenvalue weighted by atomic mass is 9.99. The average molecular weight is 269 g/mol. The highest BCUT2D eigenvalue weighted by Crippen LogP contribution is 2.28. The molecule has 1 aliphatic carbocycles. The van der Waals surface area contributed by atoms with Crippen LogP contribution in [0.15, 0.2) is 36.5 Å². The zero-order valence-corrected chi connectivity index (χ0v) is 12.2. The van der Waals surface area contributed by atoms with Gasteiger partial charge in [-0.3, -0.25) is 4.68 Å². The van der Waals surface area contributed by atoms with Crippen LogP contribution in [0.1, 0.15) is 42.1 Å². The molecular weight excluding hydrogens is 246 g/mol. The van der Waals surface area contributed by atoms with Crippen molar-refractivity contribution in [1.82, 2.24) is 15.1 Å². The molecule has 1 aliphatic rings. The van der Waals surface area contributed by atoms with Crippen LogP contribution >= 0.6 is 0 Å². The molecule has 3 nitrogen and oxygen atoms in total. The maximum atomic E-state index is 4.22. The molecule has 1 aromatic carbocycles. The number of hydrogen-bond acceptors (Lipinski definition) is 2. The van der Waals surface area contributed by atoms with E-state index in [0.717, 1.165) is 13.0 Å². The minimum atomic E-state index is 0.516. The van der Waals surface area contributed by atoms with Crippen molar-refractivity contribution in [2.24, 2.45) is 7.05 Å². The number of nitrogens with zero attached hydrogens (tertiary/aromatic N) is 2. The molecule has 1 atom stereocenters. The van der Waals surface area contributed by atoms with Crippen LogP contribution in [0.2, 0.25) is 0 Å². The van der Waals surface area contributed by atoms with Crippen molar-refractivity contribution in [2.75, 3.05) is 6.54 Å². The maximum Gasteiger partial charge on any atom is 0.0492 e. The summed E-state index contributed by atoms with van der Waals surface area (Å²) in [5.41, 5.74) is 4.33. The summed E-state index contributed by atoms with van der Waals surface area (Å²) in [5.74, 6) is 0. The Kier molecular flexibility index (Phi) is 4.16. The van der Waals surface area contributed by atoms with Crippen LogP contribution in [-0.4, -0.2) is 16.3 Å². The predicted molar refractivity (Wildman–Crippen MR) is 81.7 cm³/mol. The lowest BCUT2D eigenvalue weighted by Gasteiger charge is -2.19. The van der Waals surface area contributed by atoms with Crippen LogP contribution in [0, 0.1) is 0 Å². The molecular formula is C17H23N3. The molecule has 0 radical (unpaired) electrons. The summed E-state index contributed by atoms with van der Waals surface area (Å²) in [7, 11) is 2.01. The van der Waals surface area contributed by atoms with E-state index in [-0.39, 0.29) is 0 Å². The summed E-state index contributed by atoms with van der Waals surface area (Å²) in [6.07, 6.45) is 8.03. The topological polar surface area (TPSA) is 29.9 Å². The van der Waals surface area contributed by atoms with Crippen molar-refractivity contribution < 1.29 is 0 Å². The highest BCUT2D eigenvalue weighted by Gasteiger charge is 2.17. The van der Waals surface area contributed by atoms with Gasteiger partial charge in [0.1, 0.15) is 0 Å². The minimum Gasteiger partial charge on any atom is -0.310 e. The van der Waals surface area contributed by atoms with Gasteiger partial charge in [-0.25, -0.2) is 0 Å². The van der Waals surface area contributed by atoms with Crippen LogP contribution in [0.25, 0.3) is 0 Å². The van der Waals surface area contributed by atoms with Crippen molar-refractivity contribution in [3.8, 4) is 0 Å². The summed E-state index contributed by atoms with van der Waals surface area (Å²) in [6, 6.07) is 11.5. The van der Waals surface area contributed by atoms with Gasteiger partial charge in [0.15, 0.2) is 0 Å². The van der Waals surface area contributed by atoms with Gasteiger partial charge < -0.3 is 5.32 Å². The van der Waals surface area contributed by atoms with E-state index in [1.165, 1.54) is 42.5 Å². The monoisotopic (exact) mass is 269 g/mol. The molecule has 106 valence electrons. The van der Waals surface area contributed by atoms with Crippen LogP contribution in [0.5, 0.6) is 0 Å². The van der Waals surface area contributed by atoms with Crippen LogP contribution in [0.3, 0.4) is 0 Å². The molecule has 1 aromatic heterocycles. The smallest absolute Gasteiger partial charge is 0.0492 e. The molecule has 3 heteroatoms.